The van der Waals surface area contributed by atoms with Crippen LogP contribution in [0.25, 0.3) is 0 Å². The van der Waals surface area contributed by atoms with Crippen molar-refractivity contribution in [2.45, 2.75) is 25.2 Å². The lowest BCUT2D eigenvalue weighted by atomic mass is 10.2. The molecule has 0 aliphatic rings. The van der Waals surface area contributed by atoms with Gasteiger partial charge in [0.2, 0.25) is 5.91 Å². The summed E-state index contributed by atoms with van der Waals surface area (Å²) >= 11 is 7.37. The molecule has 1 amide bonds. The van der Waals surface area contributed by atoms with Crippen molar-refractivity contribution in [2.24, 2.45) is 0 Å². The van der Waals surface area contributed by atoms with Crippen molar-refractivity contribution in [1.82, 2.24) is 14.8 Å². The maximum Gasteiger partial charge on any atom is 0.234 e. The van der Waals surface area contributed by atoms with E-state index in [9.17, 15) is 4.79 Å². The van der Waals surface area contributed by atoms with Crippen molar-refractivity contribution in [1.29, 1.82) is 0 Å². The number of nitrogens with one attached hydrogen (secondary N) is 1. The van der Waals surface area contributed by atoms with Crippen molar-refractivity contribution in [2.75, 3.05) is 18.2 Å². The second kappa shape index (κ2) is 10.9. The average Bonchev–Trinajstić information content (AvgIpc) is 3.14. The van der Waals surface area contributed by atoms with Crippen LogP contribution >= 0.6 is 23.4 Å². The molecule has 0 aliphatic carbocycles. The van der Waals surface area contributed by atoms with Crippen LogP contribution in [-0.4, -0.2) is 33.5 Å². The molecular formula is C22H23ClN4O3S. The Labute approximate surface area is 190 Å². The molecule has 9 heteroatoms. The van der Waals surface area contributed by atoms with Gasteiger partial charge in [-0.05, 0) is 36.8 Å². The third kappa shape index (κ3) is 6.02. The van der Waals surface area contributed by atoms with Crippen LogP contribution in [0.4, 0.5) is 5.69 Å². The monoisotopic (exact) mass is 458 g/mol. The van der Waals surface area contributed by atoms with E-state index in [2.05, 4.69) is 22.1 Å². The van der Waals surface area contributed by atoms with Gasteiger partial charge < -0.3 is 14.8 Å². The van der Waals surface area contributed by atoms with Gasteiger partial charge in [-0.25, -0.2) is 0 Å². The van der Waals surface area contributed by atoms with E-state index in [0.717, 1.165) is 5.56 Å². The molecule has 1 aromatic heterocycles. The molecule has 0 bridgehead atoms. The van der Waals surface area contributed by atoms with Gasteiger partial charge in [-0.2, -0.15) is 0 Å². The maximum atomic E-state index is 12.3. The number of hydrogen-bond acceptors (Lipinski definition) is 6. The molecule has 1 N–H and O–H groups in total. The summed E-state index contributed by atoms with van der Waals surface area (Å²) in [5.41, 5.74) is 1.65. The van der Waals surface area contributed by atoms with Crippen molar-refractivity contribution in [3.05, 3.63) is 71.5 Å². The Hall–Kier alpha value is -2.97. The molecule has 0 fully saturated rings. The summed E-state index contributed by atoms with van der Waals surface area (Å²) in [5.74, 6) is 1.87. The first-order chi connectivity index (χ1) is 15.0. The highest BCUT2D eigenvalue weighted by molar-refractivity contribution is 7.99. The summed E-state index contributed by atoms with van der Waals surface area (Å²) in [6, 6.07) is 12.8. The fourth-order valence-corrected chi connectivity index (χ4v) is 3.71. The molecular weight excluding hydrogens is 436 g/mol. The molecule has 0 saturated heterocycles. The number of benzene rings is 2. The summed E-state index contributed by atoms with van der Waals surface area (Å²) in [7, 11) is 1.60. The molecule has 0 unspecified atom stereocenters. The number of rotatable bonds is 10. The Bertz CT molecular complexity index is 1070. The fraction of sp³-hybridized carbons (Fsp3) is 0.227. The number of para-hydroxylation sites is 1. The average molecular weight is 459 g/mol. The molecule has 0 radical (unpaired) electrons. The van der Waals surface area contributed by atoms with Crippen LogP contribution in [0.2, 0.25) is 5.02 Å². The van der Waals surface area contributed by atoms with Gasteiger partial charge in [-0.15, -0.1) is 16.8 Å². The molecule has 1 heterocycles. The topological polar surface area (TPSA) is 78.3 Å². The van der Waals surface area contributed by atoms with Gasteiger partial charge in [0.05, 0.1) is 23.6 Å². The van der Waals surface area contributed by atoms with Crippen LogP contribution in [0.5, 0.6) is 11.5 Å². The number of carbonyl (C=O) groups excluding carboxylic acids is 1. The molecule has 3 aromatic rings. The smallest absolute Gasteiger partial charge is 0.234 e. The largest absolute Gasteiger partial charge is 0.493 e. The van der Waals surface area contributed by atoms with Gasteiger partial charge in [-0.1, -0.05) is 47.6 Å². The Morgan fingerprint density at radius 1 is 1.26 bits per heavy atom. The molecule has 7 nitrogen and oxygen atoms in total. The van der Waals surface area contributed by atoms with E-state index < -0.39 is 0 Å². The van der Waals surface area contributed by atoms with E-state index >= 15 is 0 Å². The van der Waals surface area contributed by atoms with Crippen LogP contribution < -0.4 is 14.8 Å². The highest BCUT2D eigenvalue weighted by Gasteiger charge is 2.15. The number of anilines is 1. The lowest BCUT2D eigenvalue weighted by Gasteiger charge is -2.12. The lowest BCUT2D eigenvalue weighted by Crippen LogP contribution is -2.15. The number of aromatic nitrogens is 3. The second-order valence-electron chi connectivity index (χ2n) is 6.56. The van der Waals surface area contributed by atoms with Gasteiger partial charge >= 0.3 is 0 Å². The lowest BCUT2D eigenvalue weighted by molar-refractivity contribution is -0.113. The van der Waals surface area contributed by atoms with E-state index in [0.29, 0.717) is 39.7 Å². The van der Waals surface area contributed by atoms with Crippen LogP contribution in [0.15, 0.2) is 60.3 Å². The third-order valence-electron chi connectivity index (χ3n) is 4.26. The molecule has 162 valence electrons. The number of thioether (sulfide) groups is 1. The van der Waals surface area contributed by atoms with Crippen molar-refractivity contribution >= 4 is 35.0 Å². The standard InChI is InChI=1S/C22H23ClN4O3S/c1-4-11-27-20(13-30-18-10-9-15(2)12-19(18)29-3)25-26-22(27)31-14-21(28)24-17-8-6-5-7-16(17)23/h4-10,12H,1,11,13-14H2,2-3H3,(H,24,28). The first-order valence-electron chi connectivity index (χ1n) is 9.49. The number of ether oxygens (including phenoxy) is 2. The highest BCUT2D eigenvalue weighted by Crippen LogP contribution is 2.29. The number of hydrogen-bond donors (Lipinski definition) is 1. The van der Waals surface area contributed by atoms with Gasteiger partial charge in [0.15, 0.2) is 22.5 Å². The van der Waals surface area contributed by atoms with E-state index in [1.165, 1.54) is 11.8 Å². The second-order valence-corrected chi connectivity index (χ2v) is 7.91. The number of carbonyl (C=O) groups is 1. The normalized spacial score (nSPS) is 10.5. The first-order valence-corrected chi connectivity index (χ1v) is 10.9. The minimum atomic E-state index is -0.187. The van der Waals surface area contributed by atoms with E-state index in [1.807, 2.05) is 35.8 Å². The first kappa shape index (κ1) is 22.7. The predicted octanol–water partition coefficient (Wildman–Crippen LogP) is 4.74. The van der Waals surface area contributed by atoms with Gasteiger partial charge in [0.25, 0.3) is 0 Å². The Balaban J connectivity index is 1.65. The summed E-state index contributed by atoms with van der Waals surface area (Å²) in [5, 5.41) is 12.3. The van der Waals surface area contributed by atoms with Crippen LogP contribution in [-0.2, 0) is 17.9 Å². The minimum Gasteiger partial charge on any atom is -0.493 e. The summed E-state index contributed by atoms with van der Waals surface area (Å²) in [4.78, 5) is 12.3. The van der Waals surface area contributed by atoms with Crippen molar-refractivity contribution < 1.29 is 14.3 Å². The molecule has 3 rings (SSSR count). The number of amides is 1. The molecule has 0 aliphatic heterocycles. The van der Waals surface area contributed by atoms with Crippen LogP contribution in [0.3, 0.4) is 0 Å². The summed E-state index contributed by atoms with van der Waals surface area (Å²) in [6.07, 6.45) is 1.74. The number of methoxy groups -OCH3 is 1. The Morgan fingerprint density at radius 2 is 2.06 bits per heavy atom. The van der Waals surface area contributed by atoms with Gasteiger partial charge in [0.1, 0.15) is 6.61 Å². The summed E-state index contributed by atoms with van der Waals surface area (Å²) in [6.45, 7) is 6.47. The van der Waals surface area contributed by atoms with E-state index in [1.54, 1.807) is 31.4 Å². The van der Waals surface area contributed by atoms with Crippen molar-refractivity contribution in [3.63, 3.8) is 0 Å². The molecule has 2 aromatic carbocycles. The van der Waals surface area contributed by atoms with Crippen LogP contribution in [0, 0.1) is 6.92 Å². The summed E-state index contributed by atoms with van der Waals surface area (Å²) < 4.78 is 13.1. The molecule has 31 heavy (non-hydrogen) atoms. The quantitative estimate of drug-likeness (QED) is 0.349. The minimum absolute atomic E-state index is 0.160. The number of allylic oxidation sites excluding steroid dienone is 1. The zero-order valence-electron chi connectivity index (χ0n) is 17.3. The Morgan fingerprint density at radius 3 is 2.81 bits per heavy atom. The maximum absolute atomic E-state index is 12.3. The third-order valence-corrected chi connectivity index (χ3v) is 5.56. The molecule has 0 atom stereocenters. The van der Waals surface area contributed by atoms with Gasteiger partial charge in [-0.3, -0.25) is 9.36 Å². The zero-order chi connectivity index (χ0) is 22.2. The zero-order valence-corrected chi connectivity index (χ0v) is 18.9. The number of halogens is 1. The number of nitrogens with zero attached hydrogens (tertiary/aromatic N) is 3. The van der Waals surface area contributed by atoms with E-state index in [4.69, 9.17) is 21.1 Å². The molecule has 0 spiro atoms. The predicted molar refractivity (Wildman–Crippen MR) is 123 cm³/mol. The SMILES string of the molecule is C=CCn1c(COc2ccc(C)cc2OC)nnc1SCC(=O)Nc1ccccc1Cl. The Kier molecular flexibility index (Phi) is 7.97. The highest BCUT2D eigenvalue weighted by atomic mass is 35.5. The van der Waals surface area contributed by atoms with Crippen molar-refractivity contribution in [3.8, 4) is 11.5 Å². The van der Waals surface area contributed by atoms with Gasteiger partial charge in [0, 0.05) is 6.54 Å². The van der Waals surface area contributed by atoms with E-state index in [-0.39, 0.29) is 18.3 Å². The van der Waals surface area contributed by atoms with Crippen LogP contribution in [0.1, 0.15) is 11.4 Å². The molecule has 0 saturated carbocycles. The fourth-order valence-electron chi connectivity index (χ4n) is 2.76. The number of aryl methyl sites for hydroxylation is 1.